The van der Waals surface area contributed by atoms with Crippen LogP contribution in [-0.4, -0.2) is 22.9 Å². The van der Waals surface area contributed by atoms with Crippen LogP contribution in [0.15, 0.2) is 48.5 Å². The number of nitro groups is 1. The van der Waals surface area contributed by atoms with Gasteiger partial charge in [0.05, 0.1) is 29.1 Å². The van der Waals surface area contributed by atoms with Crippen molar-refractivity contribution in [2.24, 2.45) is 5.73 Å². The van der Waals surface area contributed by atoms with Gasteiger partial charge in [0.1, 0.15) is 0 Å². The van der Waals surface area contributed by atoms with E-state index in [1.807, 2.05) is 0 Å². The Kier molecular flexibility index (Phi) is 9.24. The molecule has 9 heteroatoms. The lowest BCUT2D eigenvalue weighted by Crippen LogP contribution is -2.31. The Bertz CT molecular complexity index is 855. The Morgan fingerprint density at radius 2 is 1.76 bits per heavy atom. The van der Waals surface area contributed by atoms with Gasteiger partial charge in [-0.05, 0) is 31.5 Å². The van der Waals surface area contributed by atoms with E-state index in [2.05, 4.69) is 5.32 Å². The molecule has 0 aliphatic carbocycles. The maximum Gasteiger partial charge on any atom is 0.308 e. The van der Waals surface area contributed by atoms with E-state index in [4.69, 9.17) is 10.5 Å². The van der Waals surface area contributed by atoms with Crippen molar-refractivity contribution in [1.29, 1.82) is 0 Å². The third-order valence-corrected chi connectivity index (χ3v) is 4.00. The molecule has 1 unspecified atom stereocenters. The standard InChI is InChI=1S/C20H23N3O5.ClH/c1-13(2)28-19(24)11-17(16-5-3-4-6-18(16)23(26)27)22-20(25)15-9-7-14(12-21)8-10-15;/h3-10,13,17H,11-12,21H2,1-2H3,(H,22,25);1H. The molecular weight excluding hydrogens is 398 g/mol. The molecule has 2 rings (SSSR count). The number of carbonyl (C=O) groups is 2. The van der Waals surface area contributed by atoms with Gasteiger partial charge in [-0.3, -0.25) is 19.7 Å². The first-order valence-corrected chi connectivity index (χ1v) is 8.84. The zero-order valence-corrected chi connectivity index (χ0v) is 17.0. The minimum absolute atomic E-state index is 0. The second kappa shape index (κ2) is 11.1. The van der Waals surface area contributed by atoms with Gasteiger partial charge in [0.25, 0.3) is 11.6 Å². The normalized spacial score (nSPS) is 11.3. The highest BCUT2D eigenvalue weighted by molar-refractivity contribution is 5.94. The summed E-state index contributed by atoms with van der Waals surface area (Å²) in [5.41, 5.74) is 6.84. The topological polar surface area (TPSA) is 125 Å². The van der Waals surface area contributed by atoms with E-state index in [0.29, 0.717) is 12.1 Å². The number of nitro benzene ring substituents is 1. The lowest BCUT2D eigenvalue weighted by atomic mass is 10.0. The number of ether oxygens (including phenoxy) is 1. The number of nitrogens with two attached hydrogens (primary N) is 1. The number of para-hydroxylation sites is 1. The second-order valence-electron chi connectivity index (χ2n) is 6.49. The van der Waals surface area contributed by atoms with Crippen molar-refractivity contribution in [3.05, 3.63) is 75.3 Å². The summed E-state index contributed by atoms with van der Waals surface area (Å²) in [6.07, 6.45) is -0.561. The van der Waals surface area contributed by atoms with Gasteiger partial charge < -0.3 is 15.8 Å². The number of amides is 1. The first-order valence-electron chi connectivity index (χ1n) is 8.84. The fourth-order valence-electron chi connectivity index (χ4n) is 2.70. The van der Waals surface area contributed by atoms with E-state index in [0.717, 1.165) is 5.56 Å². The first kappa shape index (κ1) is 24.1. The summed E-state index contributed by atoms with van der Waals surface area (Å²) in [7, 11) is 0. The van der Waals surface area contributed by atoms with Crippen LogP contribution >= 0.6 is 12.4 Å². The molecule has 29 heavy (non-hydrogen) atoms. The summed E-state index contributed by atoms with van der Waals surface area (Å²) in [4.78, 5) is 35.6. The van der Waals surface area contributed by atoms with E-state index < -0.39 is 22.8 Å². The van der Waals surface area contributed by atoms with E-state index in [-0.39, 0.29) is 36.2 Å². The van der Waals surface area contributed by atoms with E-state index in [9.17, 15) is 19.7 Å². The van der Waals surface area contributed by atoms with Crippen LogP contribution in [0.1, 0.15) is 47.8 Å². The first-order chi connectivity index (χ1) is 13.3. The number of nitrogens with one attached hydrogen (secondary N) is 1. The highest BCUT2D eigenvalue weighted by Gasteiger charge is 2.27. The molecule has 1 amide bonds. The molecule has 0 spiro atoms. The van der Waals surface area contributed by atoms with Crippen LogP contribution in [0, 0.1) is 10.1 Å². The minimum Gasteiger partial charge on any atom is -0.463 e. The predicted molar refractivity (Wildman–Crippen MR) is 111 cm³/mol. The van der Waals surface area contributed by atoms with Gasteiger partial charge in [-0.15, -0.1) is 12.4 Å². The molecule has 0 aliphatic heterocycles. The van der Waals surface area contributed by atoms with Gasteiger partial charge in [-0.25, -0.2) is 0 Å². The maximum absolute atomic E-state index is 12.6. The lowest BCUT2D eigenvalue weighted by molar-refractivity contribution is -0.385. The molecule has 1 atom stereocenters. The van der Waals surface area contributed by atoms with Crippen molar-refractivity contribution in [2.45, 2.75) is 39.0 Å². The average Bonchev–Trinajstić information content (AvgIpc) is 2.66. The van der Waals surface area contributed by atoms with Crippen molar-refractivity contribution in [3.8, 4) is 0 Å². The molecule has 0 heterocycles. The quantitative estimate of drug-likeness (QED) is 0.382. The Labute approximate surface area is 175 Å². The molecule has 2 aromatic carbocycles. The average molecular weight is 422 g/mol. The molecule has 2 aromatic rings. The van der Waals surface area contributed by atoms with Crippen molar-refractivity contribution < 1.29 is 19.2 Å². The Morgan fingerprint density at radius 1 is 1.14 bits per heavy atom. The van der Waals surface area contributed by atoms with Crippen LogP contribution in [0.5, 0.6) is 0 Å². The molecular formula is C20H24ClN3O5. The Morgan fingerprint density at radius 3 is 2.31 bits per heavy atom. The van der Waals surface area contributed by atoms with E-state index in [1.54, 1.807) is 44.2 Å². The summed E-state index contributed by atoms with van der Waals surface area (Å²) >= 11 is 0. The largest absolute Gasteiger partial charge is 0.463 e. The van der Waals surface area contributed by atoms with Crippen molar-refractivity contribution >= 4 is 30.0 Å². The predicted octanol–water partition coefficient (Wildman–Crippen LogP) is 3.29. The molecule has 156 valence electrons. The number of benzene rings is 2. The molecule has 0 bridgehead atoms. The van der Waals surface area contributed by atoms with Crippen molar-refractivity contribution in [3.63, 3.8) is 0 Å². The zero-order valence-electron chi connectivity index (χ0n) is 16.2. The van der Waals surface area contributed by atoms with Gasteiger partial charge in [0.2, 0.25) is 0 Å². The highest BCUT2D eigenvalue weighted by Crippen LogP contribution is 2.28. The van der Waals surface area contributed by atoms with Crippen LogP contribution in [0.4, 0.5) is 5.69 Å². The molecule has 0 aromatic heterocycles. The van der Waals surface area contributed by atoms with Gasteiger partial charge in [-0.1, -0.05) is 30.3 Å². The third-order valence-electron chi connectivity index (χ3n) is 4.00. The number of hydrogen-bond acceptors (Lipinski definition) is 6. The van der Waals surface area contributed by atoms with Crippen LogP contribution in [-0.2, 0) is 16.1 Å². The number of halogens is 1. The zero-order chi connectivity index (χ0) is 20.7. The van der Waals surface area contributed by atoms with Gasteiger partial charge in [0, 0.05) is 18.2 Å². The lowest BCUT2D eigenvalue weighted by Gasteiger charge is -2.19. The van der Waals surface area contributed by atoms with Crippen molar-refractivity contribution in [2.75, 3.05) is 0 Å². The number of hydrogen-bond donors (Lipinski definition) is 2. The smallest absolute Gasteiger partial charge is 0.308 e. The highest BCUT2D eigenvalue weighted by atomic mass is 35.5. The number of esters is 1. The number of rotatable bonds is 8. The van der Waals surface area contributed by atoms with E-state index >= 15 is 0 Å². The van der Waals surface area contributed by atoms with Crippen LogP contribution in [0.2, 0.25) is 0 Å². The molecule has 0 radical (unpaired) electrons. The van der Waals surface area contributed by atoms with Crippen LogP contribution in [0.25, 0.3) is 0 Å². The second-order valence-corrected chi connectivity index (χ2v) is 6.49. The summed E-state index contributed by atoms with van der Waals surface area (Å²) in [6, 6.07) is 11.8. The third kappa shape index (κ3) is 6.85. The van der Waals surface area contributed by atoms with Gasteiger partial charge in [0.15, 0.2) is 0 Å². The van der Waals surface area contributed by atoms with Crippen LogP contribution < -0.4 is 11.1 Å². The Balaban J connectivity index is 0.00000420. The van der Waals surface area contributed by atoms with Gasteiger partial charge in [-0.2, -0.15) is 0 Å². The molecule has 0 saturated carbocycles. The summed E-state index contributed by atoms with van der Waals surface area (Å²) in [6.45, 7) is 3.76. The van der Waals surface area contributed by atoms with E-state index in [1.165, 1.54) is 18.2 Å². The molecule has 0 saturated heterocycles. The monoisotopic (exact) mass is 421 g/mol. The fourth-order valence-corrected chi connectivity index (χ4v) is 2.70. The van der Waals surface area contributed by atoms with Crippen LogP contribution in [0.3, 0.4) is 0 Å². The summed E-state index contributed by atoms with van der Waals surface area (Å²) < 4.78 is 5.15. The minimum atomic E-state index is -0.908. The molecule has 8 nitrogen and oxygen atoms in total. The summed E-state index contributed by atoms with van der Waals surface area (Å²) in [5.74, 6) is -1.01. The SMILES string of the molecule is CC(C)OC(=O)CC(NC(=O)c1ccc(CN)cc1)c1ccccc1[N+](=O)[O-].Cl. The number of nitrogens with zero attached hydrogens (tertiary/aromatic N) is 1. The molecule has 0 aliphatic rings. The van der Waals surface area contributed by atoms with Gasteiger partial charge >= 0.3 is 5.97 Å². The summed E-state index contributed by atoms with van der Waals surface area (Å²) in [5, 5.41) is 14.1. The molecule has 3 N–H and O–H groups in total. The molecule has 0 fully saturated rings. The Hall–Kier alpha value is -2.97. The maximum atomic E-state index is 12.6. The fraction of sp³-hybridized carbons (Fsp3) is 0.300. The van der Waals surface area contributed by atoms with Crippen molar-refractivity contribution in [1.82, 2.24) is 5.32 Å². The number of carbonyl (C=O) groups excluding carboxylic acids is 2.